The number of anilines is 1. The second-order valence-corrected chi connectivity index (χ2v) is 3.62. The largest absolute Gasteiger partial charge is 0.378 e. The second kappa shape index (κ2) is 4.37. The highest BCUT2D eigenvalue weighted by atomic mass is 79.9. The highest BCUT2D eigenvalue weighted by molar-refractivity contribution is 9.11. The average Bonchev–Trinajstić information content (AvgIpc) is 2.06. The van der Waals surface area contributed by atoms with Gasteiger partial charge in [-0.05, 0) is 18.2 Å². The van der Waals surface area contributed by atoms with E-state index in [2.05, 4.69) is 27.8 Å². The predicted octanol–water partition coefficient (Wildman–Crippen LogP) is 3.29. The standard InChI is InChI=1S/C9H8BrF2N/c1-6(10)5-13-9-4-7(11)2-3-8(9)12/h2-4,13H,1,5H2. The summed E-state index contributed by atoms with van der Waals surface area (Å²) in [6.07, 6.45) is 0. The molecule has 0 atom stereocenters. The third kappa shape index (κ3) is 3.14. The minimum Gasteiger partial charge on any atom is -0.378 e. The van der Waals surface area contributed by atoms with Crippen LogP contribution in [0.15, 0.2) is 29.3 Å². The van der Waals surface area contributed by atoms with E-state index in [1.165, 1.54) is 0 Å². The van der Waals surface area contributed by atoms with Crippen molar-refractivity contribution in [3.63, 3.8) is 0 Å². The maximum Gasteiger partial charge on any atom is 0.146 e. The quantitative estimate of drug-likeness (QED) is 0.865. The third-order valence-corrected chi connectivity index (χ3v) is 1.68. The van der Waals surface area contributed by atoms with Crippen molar-refractivity contribution in [2.75, 3.05) is 11.9 Å². The van der Waals surface area contributed by atoms with Gasteiger partial charge in [0.15, 0.2) is 0 Å². The molecule has 0 aliphatic heterocycles. The van der Waals surface area contributed by atoms with Crippen LogP contribution in [0.5, 0.6) is 0 Å². The molecule has 1 N–H and O–H groups in total. The Morgan fingerprint density at radius 2 is 2.15 bits per heavy atom. The Balaban J connectivity index is 2.75. The van der Waals surface area contributed by atoms with Crippen LogP contribution in [0.25, 0.3) is 0 Å². The van der Waals surface area contributed by atoms with Gasteiger partial charge in [0, 0.05) is 11.0 Å². The van der Waals surface area contributed by atoms with Crippen molar-refractivity contribution in [1.82, 2.24) is 0 Å². The monoisotopic (exact) mass is 247 g/mol. The summed E-state index contributed by atoms with van der Waals surface area (Å²) in [5.41, 5.74) is 0.139. The number of nitrogens with one attached hydrogen (secondary N) is 1. The van der Waals surface area contributed by atoms with Crippen molar-refractivity contribution in [1.29, 1.82) is 0 Å². The maximum absolute atomic E-state index is 12.9. The summed E-state index contributed by atoms with van der Waals surface area (Å²) < 4.78 is 26.3. The van der Waals surface area contributed by atoms with Crippen molar-refractivity contribution in [2.24, 2.45) is 0 Å². The Kier molecular flexibility index (Phi) is 3.42. The van der Waals surface area contributed by atoms with Gasteiger partial charge in [0.05, 0.1) is 5.69 Å². The van der Waals surface area contributed by atoms with Crippen LogP contribution in [0.3, 0.4) is 0 Å². The van der Waals surface area contributed by atoms with E-state index in [1.54, 1.807) is 0 Å². The van der Waals surface area contributed by atoms with E-state index >= 15 is 0 Å². The highest BCUT2D eigenvalue weighted by Crippen LogP contribution is 2.15. The summed E-state index contributed by atoms with van der Waals surface area (Å²) in [5.74, 6) is -0.945. The molecule has 1 nitrogen and oxygen atoms in total. The highest BCUT2D eigenvalue weighted by Gasteiger charge is 2.02. The molecule has 0 aromatic heterocycles. The van der Waals surface area contributed by atoms with Crippen molar-refractivity contribution in [3.8, 4) is 0 Å². The molecule has 0 spiro atoms. The Hall–Kier alpha value is -0.900. The van der Waals surface area contributed by atoms with Crippen LogP contribution in [0, 0.1) is 11.6 Å². The van der Waals surface area contributed by atoms with Crippen LogP contribution in [0.1, 0.15) is 0 Å². The molecular weight excluding hydrogens is 240 g/mol. The van der Waals surface area contributed by atoms with E-state index in [-0.39, 0.29) is 5.69 Å². The Morgan fingerprint density at radius 3 is 2.77 bits per heavy atom. The van der Waals surface area contributed by atoms with Gasteiger partial charge >= 0.3 is 0 Å². The average molecular weight is 248 g/mol. The molecule has 0 saturated heterocycles. The van der Waals surface area contributed by atoms with Crippen LogP contribution in [-0.2, 0) is 0 Å². The molecule has 0 amide bonds. The fourth-order valence-electron chi connectivity index (χ4n) is 0.824. The topological polar surface area (TPSA) is 12.0 Å². The normalized spacial score (nSPS) is 9.77. The number of halogens is 3. The Bertz CT molecular complexity index is 325. The van der Waals surface area contributed by atoms with Crippen LogP contribution in [0.4, 0.5) is 14.5 Å². The summed E-state index contributed by atoms with van der Waals surface area (Å²) in [6, 6.07) is 3.25. The maximum atomic E-state index is 12.9. The third-order valence-electron chi connectivity index (χ3n) is 1.40. The number of hydrogen-bond donors (Lipinski definition) is 1. The van der Waals surface area contributed by atoms with Gasteiger partial charge in [0.1, 0.15) is 11.6 Å². The zero-order valence-corrected chi connectivity index (χ0v) is 8.37. The fourth-order valence-corrected chi connectivity index (χ4v) is 0.964. The first kappa shape index (κ1) is 10.2. The molecule has 13 heavy (non-hydrogen) atoms. The molecule has 1 aromatic rings. The fraction of sp³-hybridized carbons (Fsp3) is 0.111. The van der Waals surface area contributed by atoms with E-state index in [0.717, 1.165) is 18.2 Å². The van der Waals surface area contributed by atoms with Gasteiger partial charge in [-0.2, -0.15) is 0 Å². The molecule has 0 unspecified atom stereocenters. The molecule has 0 heterocycles. The molecule has 0 radical (unpaired) electrons. The lowest BCUT2D eigenvalue weighted by molar-refractivity contribution is 0.603. The SMILES string of the molecule is C=C(Br)CNc1cc(F)ccc1F. The summed E-state index contributed by atoms with van der Waals surface area (Å²) in [7, 11) is 0. The lowest BCUT2D eigenvalue weighted by atomic mass is 10.3. The van der Waals surface area contributed by atoms with E-state index in [0.29, 0.717) is 11.0 Å². The van der Waals surface area contributed by atoms with Crippen molar-refractivity contribution in [2.45, 2.75) is 0 Å². The van der Waals surface area contributed by atoms with Crippen molar-refractivity contribution < 1.29 is 8.78 Å². The summed E-state index contributed by atoms with van der Waals surface area (Å²) >= 11 is 3.10. The van der Waals surface area contributed by atoms with E-state index in [1.807, 2.05) is 0 Å². The van der Waals surface area contributed by atoms with Gasteiger partial charge < -0.3 is 5.32 Å². The first-order valence-corrected chi connectivity index (χ1v) is 4.41. The molecule has 0 aliphatic rings. The van der Waals surface area contributed by atoms with Crippen LogP contribution in [0.2, 0.25) is 0 Å². The molecule has 0 fully saturated rings. The Labute approximate surface area is 83.6 Å². The number of benzene rings is 1. The Morgan fingerprint density at radius 1 is 1.46 bits per heavy atom. The van der Waals surface area contributed by atoms with Crippen molar-refractivity contribution >= 4 is 21.6 Å². The van der Waals surface area contributed by atoms with E-state index < -0.39 is 11.6 Å². The molecule has 1 rings (SSSR count). The molecule has 4 heteroatoms. The molecule has 0 saturated carbocycles. The summed E-state index contributed by atoms with van der Waals surface area (Å²) in [5, 5.41) is 2.69. The second-order valence-electron chi connectivity index (χ2n) is 2.49. The first-order chi connectivity index (χ1) is 6.09. The molecular formula is C9H8BrF2N. The van der Waals surface area contributed by atoms with Crippen molar-refractivity contribution in [3.05, 3.63) is 40.9 Å². The zero-order chi connectivity index (χ0) is 9.84. The smallest absolute Gasteiger partial charge is 0.146 e. The van der Waals surface area contributed by atoms with Gasteiger partial charge in [-0.25, -0.2) is 8.78 Å². The zero-order valence-electron chi connectivity index (χ0n) is 6.78. The summed E-state index contributed by atoms with van der Waals surface area (Å²) in [4.78, 5) is 0. The van der Waals surface area contributed by atoms with Crippen LogP contribution < -0.4 is 5.32 Å². The van der Waals surface area contributed by atoms with Gasteiger partial charge in [-0.3, -0.25) is 0 Å². The number of hydrogen-bond acceptors (Lipinski definition) is 1. The number of rotatable bonds is 3. The van der Waals surface area contributed by atoms with Gasteiger partial charge in [0.25, 0.3) is 0 Å². The van der Waals surface area contributed by atoms with Gasteiger partial charge in [-0.1, -0.05) is 22.5 Å². The molecule has 0 aliphatic carbocycles. The minimum absolute atomic E-state index is 0.139. The van der Waals surface area contributed by atoms with Crippen LogP contribution in [-0.4, -0.2) is 6.54 Å². The summed E-state index contributed by atoms with van der Waals surface area (Å²) in [6.45, 7) is 3.92. The minimum atomic E-state index is -0.477. The molecule has 0 bridgehead atoms. The molecule has 70 valence electrons. The lowest BCUT2D eigenvalue weighted by Gasteiger charge is -2.05. The predicted molar refractivity (Wildman–Crippen MR) is 52.9 cm³/mol. The van der Waals surface area contributed by atoms with E-state index in [9.17, 15) is 8.78 Å². The van der Waals surface area contributed by atoms with Gasteiger partial charge in [0.2, 0.25) is 0 Å². The molecule has 1 aromatic carbocycles. The lowest BCUT2D eigenvalue weighted by Crippen LogP contribution is -2.02. The van der Waals surface area contributed by atoms with E-state index in [4.69, 9.17) is 0 Å². The first-order valence-electron chi connectivity index (χ1n) is 3.62. The van der Waals surface area contributed by atoms with Crippen LogP contribution >= 0.6 is 15.9 Å². The van der Waals surface area contributed by atoms with Gasteiger partial charge in [-0.15, -0.1) is 0 Å².